The van der Waals surface area contributed by atoms with E-state index in [1.165, 1.54) is 0 Å². The molecule has 2 aromatic heterocycles. The molecule has 1 fully saturated rings. The summed E-state index contributed by atoms with van der Waals surface area (Å²) in [7, 11) is 0. The minimum atomic E-state index is -0.205. The van der Waals surface area contributed by atoms with E-state index in [1.807, 2.05) is 17.0 Å². The Bertz CT molecular complexity index is 767. The maximum Gasteiger partial charge on any atom is 0.259 e. The summed E-state index contributed by atoms with van der Waals surface area (Å²) in [5.74, 6) is 2.03. The number of rotatable bonds is 5. The molecular formula is C20H29N5O2. The molecule has 1 unspecified atom stereocenters. The maximum absolute atomic E-state index is 13.3. The van der Waals surface area contributed by atoms with Crippen molar-refractivity contribution in [2.24, 2.45) is 0 Å². The quantitative estimate of drug-likeness (QED) is 0.841. The lowest BCUT2D eigenvalue weighted by molar-refractivity contribution is 0.0631. The number of nitrogens with one attached hydrogen (secondary N) is 2. The van der Waals surface area contributed by atoms with Gasteiger partial charge in [0.25, 0.3) is 5.91 Å². The summed E-state index contributed by atoms with van der Waals surface area (Å²) in [4.78, 5) is 24.4. The molecule has 146 valence electrons. The van der Waals surface area contributed by atoms with Gasteiger partial charge in [0.05, 0.1) is 12.8 Å². The van der Waals surface area contributed by atoms with Gasteiger partial charge in [-0.25, -0.2) is 9.97 Å². The molecule has 27 heavy (non-hydrogen) atoms. The first-order chi connectivity index (χ1) is 12.9. The van der Waals surface area contributed by atoms with Crippen molar-refractivity contribution in [2.45, 2.75) is 52.1 Å². The lowest BCUT2D eigenvalue weighted by atomic mass is 9.95. The number of piperazine rings is 1. The molecule has 0 radical (unpaired) electrons. The normalized spacial score (nSPS) is 17.8. The van der Waals surface area contributed by atoms with Crippen LogP contribution >= 0.6 is 0 Å². The average Bonchev–Trinajstić information content (AvgIpc) is 3.18. The van der Waals surface area contributed by atoms with Crippen LogP contribution in [0.4, 0.5) is 5.82 Å². The van der Waals surface area contributed by atoms with Crippen molar-refractivity contribution in [3.05, 3.63) is 41.7 Å². The zero-order valence-corrected chi connectivity index (χ0v) is 16.6. The molecule has 0 saturated carbocycles. The Morgan fingerprint density at radius 3 is 2.93 bits per heavy atom. The second kappa shape index (κ2) is 8.08. The molecule has 1 aliphatic heterocycles. The Labute approximate surface area is 160 Å². The highest BCUT2D eigenvalue weighted by molar-refractivity contribution is 5.98. The molecule has 0 spiro atoms. The predicted octanol–water partition coefficient (Wildman–Crippen LogP) is 2.80. The number of carbonyl (C=O) groups excluding carboxylic acids is 1. The molecule has 1 saturated heterocycles. The first kappa shape index (κ1) is 19.4. The van der Waals surface area contributed by atoms with E-state index in [4.69, 9.17) is 4.42 Å². The molecule has 2 aromatic rings. The van der Waals surface area contributed by atoms with Crippen molar-refractivity contribution < 1.29 is 9.21 Å². The van der Waals surface area contributed by atoms with Crippen LogP contribution in [0.2, 0.25) is 0 Å². The second-order valence-corrected chi connectivity index (χ2v) is 7.90. The molecule has 3 heterocycles. The van der Waals surface area contributed by atoms with E-state index >= 15 is 0 Å². The van der Waals surface area contributed by atoms with E-state index < -0.39 is 0 Å². The van der Waals surface area contributed by atoms with Gasteiger partial charge in [0.1, 0.15) is 23.0 Å². The largest absolute Gasteiger partial charge is 0.467 e. The summed E-state index contributed by atoms with van der Waals surface area (Å²) in [5, 5.41) is 6.63. The van der Waals surface area contributed by atoms with Crippen molar-refractivity contribution in [3.63, 3.8) is 0 Å². The topological polar surface area (TPSA) is 83.3 Å². The van der Waals surface area contributed by atoms with Crippen LogP contribution in [0.1, 0.15) is 56.1 Å². The van der Waals surface area contributed by atoms with Crippen LogP contribution < -0.4 is 10.6 Å². The maximum atomic E-state index is 13.3. The second-order valence-electron chi connectivity index (χ2n) is 7.90. The fourth-order valence-electron chi connectivity index (χ4n) is 3.17. The van der Waals surface area contributed by atoms with Gasteiger partial charge in [-0.05, 0) is 18.6 Å². The molecule has 1 amide bonds. The third kappa shape index (κ3) is 4.47. The van der Waals surface area contributed by atoms with Crippen LogP contribution in [0.5, 0.6) is 0 Å². The molecule has 1 atom stereocenters. The summed E-state index contributed by atoms with van der Waals surface area (Å²) in [6.45, 7) is 11.1. The number of carbonyl (C=O) groups is 1. The molecule has 0 aliphatic carbocycles. The summed E-state index contributed by atoms with van der Waals surface area (Å²) < 4.78 is 5.39. The number of aromatic nitrogens is 2. The molecule has 1 aliphatic rings. The van der Waals surface area contributed by atoms with E-state index in [0.29, 0.717) is 30.3 Å². The highest BCUT2D eigenvalue weighted by Gasteiger charge is 2.29. The van der Waals surface area contributed by atoms with Gasteiger partial charge >= 0.3 is 0 Å². The van der Waals surface area contributed by atoms with E-state index in [9.17, 15) is 4.79 Å². The number of amides is 1. The minimum absolute atomic E-state index is 0.0224. The average molecular weight is 371 g/mol. The Kier molecular flexibility index (Phi) is 5.79. The Balaban J connectivity index is 1.91. The monoisotopic (exact) mass is 371 g/mol. The third-order valence-electron chi connectivity index (χ3n) is 4.78. The molecule has 0 bridgehead atoms. The number of hydrogen-bond acceptors (Lipinski definition) is 6. The highest BCUT2D eigenvalue weighted by Crippen LogP contribution is 2.24. The standard InChI is InChI=1S/C20H29N5O2/c1-5-14-11-21-8-9-25(14)18(26)16-13-23-19(20(2,3)4)24-17(16)22-12-15-7-6-10-27-15/h6-7,10,13-14,21H,5,8-9,11-12H2,1-4H3,(H,22,23,24). The van der Waals surface area contributed by atoms with Crippen molar-refractivity contribution in [1.29, 1.82) is 0 Å². The van der Waals surface area contributed by atoms with Crippen molar-refractivity contribution in [3.8, 4) is 0 Å². The number of nitrogens with zero attached hydrogens (tertiary/aromatic N) is 3. The van der Waals surface area contributed by atoms with Gasteiger partial charge in [0, 0.05) is 37.3 Å². The van der Waals surface area contributed by atoms with Crippen molar-refractivity contribution in [2.75, 3.05) is 25.0 Å². The molecule has 7 nitrogen and oxygen atoms in total. The Hall–Kier alpha value is -2.41. The van der Waals surface area contributed by atoms with Gasteiger partial charge in [0.2, 0.25) is 0 Å². The van der Waals surface area contributed by atoms with Gasteiger partial charge in [-0.1, -0.05) is 27.7 Å². The van der Waals surface area contributed by atoms with Crippen LogP contribution in [0.25, 0.3) is 0 Å². The van der Waals surface area contributed by atoms with Gasteiger partial charge < -0.3 is 20.0 Å². The third-order valence-corrected chi connectivity index (χ3v) is 4.78. The molecule has 2 N–H and O–H groups in total. The minimum Gasteiger partial charge on any atom is -0.467 e. The summed E-state index contributed by atoms with van der Waals surface area (Å²) in [6.07, 6.45) is 4.21. The van der Waals surface area contributed by atoms with Gasteiger partial charge in [0.15, 0.2) is 0 Å². The zero-order valence-electron chi connectivity index (χ0n) is 16.6. The van der Waals surface area contributed by atoms with Crippen LogP contribution in [-0.2, 0) is 12.0 Å². The predicted molar refractivity (Wildman–Crippen MR) is 105 cm³/mol. The summed E-state index contributed by atoms with van der Waals surface area (Å²) >= 11 is 0. The number of hydrogen-bond donors (Lipinski definition) is 2. The molecule has 3 rings (SSSR count). The van der Waals surface area contributed by atoms with Crippen LogP contribution in [0.15, 0.2) is 29.0 Å². The van der Waals surface area contributed by atoms with Crippen molar-refractivity contribution >= 4 is 11.7 Å². The fraction of sp³-hybridized carbons (Fsp3) is 0.550. The first-order valence-corrected chi connectivity index (χ1v) is 9.55. The van der Waals surface area contributed by atoms with Crippen LogP contribution in [0.3, 0.4) is 0 Å². The number of anilines is 1. The molecule has 7 heteroatoms. The summed E-state index contributed by atoms with van der Waals surface area (Å²) in [5.41, 5.74) is 0.304. The zero-order chi connectivity index (χ0) is 19.4. The van der Waals surface area contributed by atoms with E-state index in [0.717, 1.165) is 25.3 Å². The molecule has 0 aromatic carbocycles. The highest BCUT2D eigenvalue weighted by atomic mass is 16.3. The Morgan fingerprint density at radius 2 is 2.26 bits per heavy atom. The van der Waals surface area contributed by atoms with Crippen LogP contribution in [0, 0.1) is 0 Å². The van der Waals surface area contributed by atoms with E-state index in [1.54, 1.807) is 12.5 Å². The lowest BCUT2D eigenvalue weighted by Gasteiger charge is -2.36. The lowest BCUT2D eigenvalue weighted by Crippen LogP contribution is -2.53. The van der Waals surface area contributed by atoms with Gasteiger partial charge in [-0.3, -0.25) is 4.79 Å². The van der Waals surface area contributed by atoms with Crippen LogP contribution in [-0.4, -0.2) is 46.5 Å². The SMILES string of the molecule is CCC1CNCCN1C(=O)c1cnc(C(C)(C)C)nc1NCc1ccco1. The first-order valence-electron chi connectivity index (χ1n) is 9.55. The summed E-state index contributed by atoms with van der Waals surface area (Å²) in [6, 6.07) is 3.92. The van der Waals surface area contributed by atoms with E-state index in [2.05, 4.69) is 48.3 Å². The molecular weight excluding hydrogens is 342 g/mol. The van der Waals surface area contributed by atoms with Crippen molar-refractivity contribution in [1.82, 2.24) is 20.2 Å². The number of furan rings is 1. The Morgan fingerprint density at radius 1 is 1.44 bits per heavy atom. The van der Waals surface area contributed by atoms with E-state index in [-0.39, 0.29) is 17.4 Å². The van der Waals surface area contributed by atoms with Gasteiger partial charge in [-0.15, -0.1) is 0 Å². The fourth-order valence-corrected chi connectivity index (χ4v) is 3.17. The van der Waals surface area contributed by atoms with Gasteiger partial charge in [-0.2, -0.15) is 0 Å². The smallest absolute Gasteiger partial charge is 0.259 e.